The Morgan fingerprint density at radius 3 is 2.30 bits per heavy atom. The van der Waals surface area contributed by atoms with Gasteiger partial charge in [0.2, 0.25) is 15.9 Å². The molecule has 0 aliphatic rings. The number of sulfonamides is 1. The van der Waals surface area contributed by atoms with Crippen LogP contribution in [-0.4, -0.2) is 27.1 Å². The average molecular weight is 429 g/mol. The molecule has 27 heavy (non-hydrogen) atoms. The molecule has 0 bridgehead atoms. The van der Waals surface area contributed by atoms with Gasteiger partial charge in [-0.3, -0.25) is 9.10 Å². The fourth-order valence-electron chi connectivity index (χ4n) is 2.77. The Morgan fingerprint density at radius 1 is 1.07 bits per heavy atom. The third-order valence-electron chi connectivity index (χ3n) is 3.86. The molecular formula is C19H22Cl2N2O3S. The summed E-state index contributed by atoms with van der Waals surface area (Å²) >= 11 is 11.9. The quantitative estimate of drug-likeness (QED) is 0.688. The first-order chi connectivity index (χ1) is 12.6. The van der Waals surface area contributed by atoms with Crippen molar-refractivity contribution in [3.05, 3.63) is 57.6 Å². The lowest BCUT2D eigenvalue weighted by Crippen LogP contribution is -2.31. The number of carbonyl (C=O) groups excluding carboxylic acids is 1. The average Bonchev–Trinajstić information content (AvgIpc) is 2.53. The van der Waals surface area contributed by atoms with Gasteiger partial charge in [-0.2, -0.15) is 0 Å². The zero-order valence-corrected chi connectivity index (χ0v) is 17.7. The van der Waals surface area contributed by atoms with Crippen LogP contribution >= 0.6 is 23.2 Å². The summed E-state index contributed by atoms with van der Waals surface area (Å²) in [6.07, 6.45) is 1.68. The van der Waals surface area contributed by atoms with Crippen molar-refractivity contribution in [2.45, 2.75) is 26.7 Å². The van der Waals surface area contributed by atoms with Crippen molar-refractivity contribution in [3.8, 4) is 0 Å². The summed E-state index contributed by atoms with van der Waals surface area (Å²) in [5.74, 6) is -0.256. The minimum absolute atomic E-state index is 0.152. The third kappa shape index (κ3) is 6.41. The molecule has 0 aliphatic carbocycles. The maximum absolute atomic E-state index is 12.2. The molecule has 0 saturated carbocycles. The van der Waals surface area contributed by atoms with Crippen LogP contribution in [0, 0.1) is 13.8 Å². The van der Waals surface area contributed by atoms with Crippen LogP contribution in [0.5, 0.6) is 0 Å². The molecular weight excluding hydrogens is 407 g/mol. The SMILES string of the molecule is Cc1cc(C)cc(N(CCCC(=O)Nc2cc(Cl)ccc2Cl)S(C)(=O)=O)c1. The van der Waals surface area contributed by atoms with Crippen LogP contribution in [0.25, 0.3) is 0 Å². The molecule has 0 aromatic heterocycles. The molecule has 8 heteroatoms. The van der Waals surface area contributed by atoms with E-state index < -0.39 is 10.0 Å². The minimum atomic E-state index is -3.46. The number of carbonyl (C=O) groups is 1. The molecule has 0 fully saturated rings. The van der Waals surface area contributed by atoms with Gasteiger partial charge in [0.15, 0.2) is 0 Å². The molecule has 2 aromatic carbocycles. The molecule has 0 atom stereocenters. The molecule has 1 N–H and O–H groups in total. The van der Waals surface area contributed by atoms with E-state index in [9.17, 15) is 13.2 Å². The predicted octanol–water partition coefficient (Wildman–Crippen LogP) is 4.80. The van der Waals surface area contributed by atoms with Crippen LogP contribution in [0.2, 0.25) is 10.0 Å². The number of hydrogen-bond acceptors (Lipinski definition) is 3. The highest BCUT2D eigenvalue weighted by atomic mass is 35.5. The van der Waals surface area contributed by atoms with E-state index in [1.807, 2.05) is 32.0 Å². The Balaban J connectivity index is 2.03. The standard InChI is InChI=1S/C19H22Cl2N2O3S/c1-13-9-14(2)11-16(10-13)23(27(3,25)26)8-4-5-19(24)22-18-12-15(20)6-7-17(18)21/h6-7,9-12H,4-5,8H2,1-3H3,(H,22,24). The van der Waals surface area contributed by atoms with Crippen LogP contribution in [0.1, 0.15) is 24.0 Å². The van der Waals surface area contributed by atoms with Crippen molar-refractivity contribution in [1.82, 2.24) is 0 Å². The van der Waals surface area contributed by atoms with Crippen LogP contribution in [0.4, 0.5) is 11.4 Å². The molecule has 0 radical (unpaired) electrons. The van der Waals surface area contributed by atoms with E-state index in [-0.39, 0.29) is 18.9 Å². The van der Waals surface area contributed by atoms with Gasteiger partial charge in [0, 0.05) is 18.0 Å². The highest BCUT2D eigenvalue weighted by Gasteiger charge is 2.18. The second-order valence-electron chi connectivity index (χ2n) is 6.46. The molecule has 0 saturated heterocycles. The Hall–Kier alpha value is -1.76. The number of halogens is 2. The van der Waals surface area contributed by atoms with E-state index in [1.165, 1.54) is 4.31 Å². The highest BCUT2D eigenvalue weighted by molar-refractivity contribution is 7.92. The summed E-state index contributed by atoms with van der Waals surface area (Å²) in [6.45, 7) is 4.04. The second-order valence-corrected chi connectivity index (χ2v) is 9.21. The van der Waals surface area contributed by atoms with Gasteiger partial charge < -0.3 is 5.32 Å². The lowest BCUT2D eigenvalue weighted by atomic mass is 10.1. The molecule has 0 aliphatic heterocycles. The molecule has 0 spiro atoms. The van der Waals surface area contributed by atoms with Gasteiger partial charge in [-0.25, -0.2) is 8.42 Å². The van der Waals surface area contributed by atoms with E-state index in [1.54, 1.807) is 18.2 Å². The number of nitrogens with zero attached hydrogens (tertiary/aromatic N) is 1. The van der Waals surface area contributed by atoms with Gasteiger partial charge in [-0.15, -0.1) is 0 Å². The van der Waals surface area contributed by atoms with E-state index in [0.29, 0.717) is 27.8 Å². The van der Waals surface area contributed by atoms with Crippen molar-refractivity contribution < 1.29 is 13.2 Å². The zero-order valence-electron chi connectivity index (χ0n) is 15.4. The number of amides is 1. The van der Waals surface area contributed by atoms with Crippen LogP contribution in [0.3, 0.4) is 0 Å². The summed E-state index contributed by atoms with van der Waals surface area (Å²) in [6, 6.07) is 10.4. The first-order valence-electron chi connectivity index (χ1n) is 8.37. The molecule has 146 valence electrons. The van der Waals surface area contributed by atoms with Crippen LogP contribution in [-0.2, 0) is 14.8 Å². The topological polar surface area (TPSA) is 66.5 Å². The number of anilines is 2. The first kappa shape index (κ1) is 21.5. The van der Waals surface area contributed by atoms with Gasteiger partial charge in [0.05, 0.1) is 22.7 Å². The second kappa shape index (κ2) is 8.95. The van der Waals surface area contributed by atoms with E-state index >= 15 is 0 Å². The predicted molar refractivity (Wildman–Crippen MR) is 112 cm³/mol. The molecule has 2 rings (SSSR count). The van der Waals surface area contributed by atoms with Gasteiger partial charge in [0.25, 0.3) is 0 Å². The van der Waals surface area contributed by atoms with Crippen molar-refractivity contribution >= 4 is 50.5 Å². The van der Waals surface area contributed by atoms with Gasteiger partial charge in [-0.05, 0) is 61.7 Å². The molecule has 2 aromatic rings. The smallest absolute Gasteiger partial charge is 0.232 e. The van der Waals surface area contributed by atoms with Crippen molar-refractivity contribution in [2.24, 2.45) is 0 Å². The molecule has 0 unspecified atom stereocenters. The third-order valence-corrected chi connectivity index (χ3v) is 5.62. The van der Waals surface area contributed by atoms with Crippen molar-refractivity contribution in [3.63, 3.8) is 0 Å². The fraction of sp³-hybridized carbons (Fsp3) is 0.316. The highest BCUT2D eigenvalue weighted by Crippen LogP contribution is 2.26. The summed E-state index contributed by atoms with van der Waals surface area (Å²) in [7, 11) is -3.46. The number of nitrogens with one attached hydrogen (secondary N) is 1. The van der Waals surface area contributed by atoms with Crippen molar-refractivity contribution in [2.75, 3.05) is 22.4 Å². The summed E-state index contributed by atoms with van der Waals surface area (Å²) in [5.41, 5.74) is 3.00. The fourth-order valence-corrected chi connectivity index (χ4v) is 4.06. The zero-order chi connectivity index (χ0) is 20.2. The Kier molecular flexibility index (Phi) is 7.14. The lowest BCUT2D eigenvalue weighted by Gasteiger charge is -2.23. The minimum Gasteiger partial charge on any atom is -0.325 e. The molecule has 0 heterocycles. The maximum Gasteiger partial charge on any atom is 0.232 e. The largest absolute Gasteiger partial charge is 0.325 e. The maximum atomic E-state index is 12.2. The van der Waals surface area contributed by atoms with E-state index in [4.69, 9.17) is 23.2 Å². The summed E-state index contributed by atoms with van der Waals surface area (Å²) in [5, 5.41) is 3.55. The number of benzene rings is 2. The van der Waals surface area contributed by atoms with E-state index in [0.717, 1.165) is 17.4 Å². The number of hydrogen-bond donors (Lipinski definition) is 1. The Morgan fingerprint density at radius 2 is 1.70 bits per heavy atom. The van der Waals surface area contributed by atoms with Crippen LogP contribution in [0.15, 0.2) is 36.4 Å². The monoisotopic (exact) mass is 428 g/mol. The van der Waals surface area contributed by atoms with Gasteiger partial charge in [0.1, 0.15) is 0 Å². The first-order valence-corrected chi connectivity index (χ1v) is 11.0. The van der Waals surface area contributed by atoms with Crippen molar-refractivity contribution in [1.29, 1.82) is 0 Å². The van der Waals surface area contributed by atoms with Crippen LogP contribution < -0.4 is 9.62 Å². The van der Waals surface area contributed by atoms with E-state index in [2.05, 4.69) is 5.32 Å². The Bertz CT molecular complexity index is 926. The summed E-state index contributed by atoms with van der Waals surface area (Å²) < 4.78 is 25.7. The summed E-state index contributed by atoms with van der Waals surface area (Å²) in [4.78, 5) is 12.2. The van der Waals surface area contributed by atoms with Gasteiger partial charge in [-0.1, -0.05) is 29.3 Å². The van der Waals surface area contributed by atoms with Gasteiger partial charge >= 0.3 is 0 Å². The number of aryl methyl sites for hydroxylation is 2. The molecule has 1 amide bonds. The lowest BCUT2D eigenvalue weighted by molar-refractivity contribution is -0.116. The normalized spacial score (nSPS) is 11.3. The Labute approximate surface area is 170 Å². The number of rotatable bonds is 7. The molecule has 5 nitrogen and oxygen atoms in total.